The second kappa shape index (κ2) is 7.30. The highest BCUT2D eigenvalue weighted by atomic mass is 35.5. The van der Waals surface area contributed by atoms with E-state index in [4.69, 9.17) is 11.6 Å². The van der Waals surface area contributed by atoms with Crippen molar-refractivity contribution in [1.29, 1.82) is 0 Å². The van der Waals surface area contributed by atoms with Gasteiger partial charge in [0.1, 0.15) is 5.88 Å². The molecule has 0 saturated heterocycles. The molecule has 0 aromatic heterocycles. The Morgan fingerprint density at radius 1 is 1.36 bits per heavy atom. The maximum atomic E-state index is 12.5. The number of ether oxygens (including phenoxy) is 1. The van der Waals surface area contributed by atoms with Crippen molar-refractivity contribution >= 4 is 27.4 Å². The van der Waals surface area contributed by atoms with E-state index in [9.17, 15) is 26.4 Å². The van der Waals surface area contributed by atoms with E-state index in [1.165, 1.54) is 0 Å². The molecule has 0 fully saturated rings. The Labute approximate surface area is 130 Å². The molecule has 0 amide bonds. The number of alkyl halides is 3. The first kappa shape index (κ1) is 18.7. The van der Waals surface area contributed by atoms with E-state index in [1.54, 1.807) is 6.92 Å². The van der Waals surface area contributed by atoms with Crippen LogP contribution in [-0.2, 0) is 25.5 Å². The van der Waals surface area contributed by atoms with Gasteiger partial charge in [0.15, 0.2) is 9.84 Å². The van der Waals surface area contributed by atoms with Crippen LogP contribution in [0.4, 0.5) is 13.2 Å². The third kappa shape index (κ3) is 5.15. The molecule has 0 aliphatic rings. The van der Waals surface area contributed by atoms with Gasteiger partial charge in [-0.3, -0.25) is 10.1 Å². The first-order valence-corrected chi connectivity index (χ1v) is 8.07. The minimum absolute atomic E-state index is 0.151. The van der Waals surface area contributed by atoms with Crippen molar-refractivity contribution in [3.63, 3.8) is 0 Å². The Kier molecular flexibility index (Phi) is 6.21. The predicted octanol–water partition coefficient (Wildman–Crippen LogP) is 2.24. The summed E-state index contributed by atoms with van der Waals surface area (Å²) in [6.07, 6.45) is -4.62. The van der Waals surface area contributed by atoms with Crippen LogP contribution in [0.2, 0.25) is 5.02 Å². The van der Waals surface area contributed by atoms with Crippen molar-refractivity contribution in [2.24, 2.45) is 0 Å². The van der Waals surface area contributed by atoms with Crippen LogP contribution in [0, 0.1) is 0 Å². The molecule has 1 aromatic rings. The highest BCUT2D eigenvalue weighted by Crippen LogP contribution is 2.33. The van der Waals surface area contributed by atoms with Gasteiger partial charge in [0.25, 0.3) is 0 Å². The van der Waals surface area contributed by atoms with Crippen molar-refractivity contribution in [2.45, 2.75) is 18.0 Å². The van der Waals surface area contributed by atoms with Gasteiger partial charge in [0.05, 0.1) is 28.6 Å². The zero-order valence-electron chi connectivity index (χ0n) is 11.4. The summed E-state index contributed by atoms with van der Waals surface area (Å²) >= 11 is 5.61. The van der Waals surface area contributed by atoms with Gasteiger partial charge in [-0.1, -0.05) is 11.6 Å². The average molecular weight is 360 g/mol. The Hall–Kier alpha value is -1.32. The smallest absolute Gasteiger partial charge is 0.416 e. The van der Waals surface area contributed by atoms with E-state index in [-0.39, 0.29) is 13.2 Å². The fourth-order valence-corrected chi connectivity index (χ4v) is 3.20. The summed E-state index contributed by atoms with van der Waals surface area (Å²) in [6.45, 7) is 1.40. The summed E-state index contributed by atoms with van der Waals surface area (Å²) in [5.41, 5.74) is -1.05. The highest BCUT2D eigenvalue weighted by molar-refractivity contribution is 7.91. The first-order chi connectivity index (χ1) is 10.1. The first-order valence-electron chi connectivity index (χ1n) is 6.03. The fraction of sp³-hybridized carbons (Fsp3) is 0.417. The second-order valence-electron chi connectivity index (χ2n) is 4.13. The minimum atomic E-state index is -4.62. The second-order valence-corrected chi connectivity index (χ2v) is 6.50. The van der Waals surface area contributed by atoms with E-state index in [2.05, 4.69) is 10.1 Å². The number of nitrogens with one attached hydrogen (secondary N) is 1. The lowest BCUT2D eigenvalue weighted by molar-refractivity contribution is -0.142. The third-order valence-corrected chi connectivity index (χ3v) is 4.50. The molecule has 0 bridgehead atoms. The van der Waals surface area contributed by atoms with E-state index in [0.717, 1.165) is 6.07 Å². The van der Waals surface area contributed by atoms with E-state index < -0.39 is 43.3 Å². The number of sulfone groups is 1. The van der Waals surface area contributed by atoms with E-state index in [0.29, 0.717) is 12.1 Å². The van der Waals surface area contributed by atoms with Crippen molar-refractivity contribution in [3.8, 4) is 0 Å². The van der Waals surface area contributed by atoms with Crippen LogP contribution in [0.1, 0.15) is 12.5 Å². The number of benzene rings is 1. The number of carbonyl (C=O) groups excluding carboxylic acids is 1. The molecule has 0 atom stereocenters. The number of hydrogen-bond donors (Lipinski definition) is 1. The standard InChI is InChI=1S/C12H13ClF3NO4S/c1-2-21-11(18)6-17-7-22(19,20)10-4-3-8(5-9(10)13)12(14,15)16/h3-5,17H,2,6-7H2,1H3. The van der Waals surface area contributed by atoms with Gasteiger partial charge in [-0.15, -0.1) is 0 Å². The minimum Gasteiger partial charge on any atom is -0.465 e. The molecule has 0 saturated carbocycles. The Morgan fingerprint density at radius 2 is 2.00 bits per heavy atom. The SMILES string of the molecule is CCOC(=O)CNCS(=O)(=O)c1ccc(C(F)(F)F)cc1Cl. The van der Waals surface area contributed by atoms with Crippen LogP contribution in [-0.4, -0.2) is 33.4 Å². The Bertz CT molecular complexity index is 646. The molecule has 5 nitrogen and oxygen atoms in total. The summed E-state index contributed by atoms with van der Waals surface area (Å²) < 4.78 is 66.0. The monoisotopic (exact) mass is 359 g/mol. The highest BCUT2D eigenvalue weighted by Gasteiger charge is 2.32. The van der Waals surface area contributed by atoms with Crippen molar-refractivity contribution in [2.75, 3.05) is 19.0 Å². The maximum Gasteiger partial charge on any atom is 0.416 e. The summed E-state index contributed by atoms with van der Waals surface area (Å²) in [7, 11) is -3.98. The lowest BCUT2D eigenvalue weighted by Crippen LogP contribution is -2.30. The van der Waals surface area contributed by atoms with Gasteiger partial charge >= 0.3 is 12.1 Å². The van der Waals surface area contributed by atoms with Crippen LogP contribution in [0.5, 0.6) is 0 Å². The molecule has 10 heteroatoms. The van der Waals surface area contributed by atoms with Crippen LogP contribution < -0.4 is 5.32 Å². The van der Waals surface area contributed by atoms with Gasteiger partial charge < -0.3 is 4.74 Å². The van der Waals surface area contributed by atoms with Crippen molar-refractivity contribution in [1.82, 2.24) is 5.32 Å². The van der Waals surface area contributed by atoms with Crippen molar-refractivity contribution in [3.05, 3.63) is 28.8 Å². The summed E-state index contributed by atoms with van der Waals surface area (Å²) in [4.78, 5) is 10.6. The number of carbonyl (C=O) groups is 1. The predicted molar refractivity (Wildman–Crippen MR) is 73.1 cm³/mol. The molecule has 0 aliphatic carbocycles. The molecule has 22 heavy (non-hydrogen) atoms. The summed E-state index contributed by atoms with van der Waals surface area (Å²) in [5, 5.41) is 1.80. The zero-order valence-corrected chi connectivity index (χ0v) is 13.0. The Balaban J connectivity index is 2.84. The zero-order chi connectivity index (χ0) is 17.0. The number of rotatable bonds is 6. The number of esters is 1. The molecule has 0 unspecified atom stereocenters. The molecule has 1 N–H and O–H groups in total. The molecule has 1 aromatic carbocycles. The molecule has 124 valence electrons. The fourth-order valence-electron chi connectivity index (χ4n) is 1.51. The lowest BCUT2D eigenvalue weighted by atomic mass is 10.2. The molecule has 0 heterocycles. The summed E-state index contributed by atoms with van der Waals surface area (Å²) in [5.74, 6) is -1.30. The number of hydrogen-bond acceptors (Lipinski definition) is 5. The maximum absolute atomic E-state index is 12.5. The normalized spacial score (nSPS) is 12.2. The van der Waals surface area contributed by atoms with Crippen LogP contribution in [0.3, 0.4) is 0 Å². The average Bonchev–Trinajstić information content (AvgIpc) is 2.37. The Morgan fingerprint density at radius 3 is 2.50 bits per heavy atom. The van der Waals surface area contributed by atoms with E-state index >= 15 is 0 Å². The van der Waals surface area contributed by atoms with E-state index in [1.807, 2.05) is 0 Å². The van der Waals surface area contributed by atoms with Gasteiger partial charge in [-0.25, -0.2) is 8.42 Å². The topological polar surface area (TPSA) is 72.5 Å². The third-order valence-electron chi connectivity index (χ3n) is 2.46. The molecular formula is C12H13ClF3NO4S. The quantitative estimate of drug-likeness (QED) is 0.789. The van der Waals surface area contributed by atoms with Gasteiger partial charge in [-0.2, -0.15) is 13.2 Å². The van der Waals surface area contributed by atoms with Crippen LogP contribution >= 0.6 is 11.6 Å². The molecule has 0 radical (unpaired) electrons. The molecule has 1 rings (SSSR count). The largest absolute Gasteiger partial charge is 0.465 e. The van der Waals surface area contributed by atoms with Gasteiger partial charge in [0, 0.05) is 0 Å². The van der Waals surface area contributed by atoms with Crippen LogP contribution in [0.25, 0.3) is 0 Å². The van der Waals surface area contributed by atoms with Gasteiger partial charge in [0.2, 0.25) is 0 Å². The molecule has 0 spiro atoms. The summed E-state index contributed by atoms with van der Waals surface area (Å²) in [6, 6.07) is 1.95. The number of halogens is 4. The lowest BCUT2D eigenvalue weighted by Gasteiger charge is -2.11. The van der Waals surface area contributed by atoms with Gasteiger partial charge in [-0.05, 0) is 25.1 Å². The van der Waals surface area contributed by atoms with Crippen LogP contribution in [0.15, 0.2) is 23.1 Å². The molecule has 0 aliphatic heterocycles. The van der Waals surface area contributed by atoms with Crippen molar-refractivity contribution < 1.29 is 31.1 Å². The molecular weight excluding hydrogens is 347 g/mol.